The second-order valence-corrected chi connectivity index (χ2v) is 5.88. The largest absolute Gasteiger partial charge is 0.390 e. The summed E-state index contributed by atoms with van der Waals surface area (Å²) in [6, 6.07) is 5.50. The number of nitrogens with zero attached hydrogens (tertiary/aromatic N) is 1. The van der Waals surface area contributed by atoms with Crippen LogP contribution in [0.15, 0.2) is 34.3 Å². The summed E-state index contributed by atoms with van der Waals surface area (Å²) in [4.78, 5) is 15.8. The minimum absolute atomic E-state index is 0.0132. The molecule has 1 heterocycles. The highest BCUT2D eigenvalue weighted by Crippen LogP contribution is 2.16. The van der Waals surface area contributed by atoms with Crippen LogP contribution in [0, 0.1) is 6.92 Å². The minimum Gasteiger partial charge on any atom is -0.390 e. The molecule has 0 saturated heterocycles. The molecule has 0 aliphatic carbocycles. The number of aryl methyl sites for hydroxylation is 1. The van der Waals surface area contributed by atoms with Gasteiger partial charge in [0.25, 0.3) is 5.90 Å². The number of oxime groups is 1. The first-order valence-corrected chi connectivity index (χ1v) is 7.27. The molecule has 0 aromatic heterocycles. The molecule has 1 aliphatic heterocycles. The summed E-state index contributed by atoms with van der Waals surface area (Å²) in [6.07, 6.45) is 0. The Morgan fingerprint density at radius 1 is 1.40 bits per heavy atom. The average Bonchev–Trinajstić information content (AvgIpc) is 2.75. The first kappa shape index (κ1) is 14.3. The van der Waals surface area contributed by atoms with E-state index >= 15 is 0 Å². The fourth-order valence-corrected chi connectivity index (χ4v) is 2.53. The number of nitrogens with one attached hydrogen (secondary N) is 1. The van der Waals surface area contributed by atoms with Crippen LogP contribution < -0.4 is 5.32 Å². The summed E-state index contributed by atoms with van der Waals surface area (Å²) in [5.74, 6) is -0.509. The summed E-state index contributed by atoms with van der Waals surface area (Å²) < 4.78 is 29.0. The first-order chi connectivity index (χ1) is 9.38. The van der Waals surface area contributed by atoms with Crippen molar-refractivity contribution in [1.82, 2.24) is 5.32 Å². The SMILES string of the molecule is CC(=O)NC1CON=C1OS(=O)(=O)c1ccc(C)cc1. The molecule has 8 heteroatoms. The molecule has 2 rings (SSSR count). The molecule has 1 aromatic rings. The highest BCUT2D eigenvalue weighted by molar-refractivity contribution is 7.87. The molecule has 1 atom stereocenters. The van der Waals surface area contributed by atoms with Gasteiger partial charge >= 0.3 is 10.1 Å². The molecule has 1 unspecified atom stereocenters. The molecule has 0 radical (unpaired) electrons. The lowest BCUT2D eigenvalue weighted by atomic mass is 10.2. The third-order valence-electron chi connectivity index (χ3n) is 2.58. The van der Waals surface area contributed by atoms with Crippen molar-refractivity contribution in [3.05, 3.63) is 29.8 Å². The second kappa shape index (κ2) is 5.49. The molecule has 108 valence electrons. The van der Waals surface area contributed by atoms with Crippen LogP contribution in [-0.2, 0) is 23.9 Å². The topological polar surface area (TPSA) is 94.1 Å². The molecule has 1 N–H and O–H groups in total. The number of carbonyl (C=O) groups excluding carboxylic acids is 1. The molecular formula is C12H14N2O5S. The standard InChI is InChI=1S/C12H14N2O5S/c1-8-3-5-10(6-4-8)20(16,17)19-12-11(7-18-14-12)13-9(2)15/h3-6,11H,7H2,1-2H3,(H,13,15). The van der Waals surface area contributed by atoms with Crippen molar-refractivity contribution in [2.24, 2.45) is 5.16 Å². The lowest BCUT2D eigenvalue weighted by molar-refractivity contribution is -0.119. The molecule has 20 heavy (non-hydrogen) atoms. The Balaban J connectivity index is 2.16. The number of hydrogen-bond donors (Lipinski definition) is 1. The Bertz CT molecular complexity index is 636. The van der Waals surface area contributed by atoms with Crippen molar-refractivity contribution in [3.8, 4) is 0 Å². The number of amides is 1. The zero-order valence-electron chi connectivity index (χ0n) is 11.0. The smallest absolute Gasteiger partial charge is 0.340 e. The van der Waals surface area contributed by atoms with E-state index in [9.17, 15) is 13.2 Å². The van der Waals surface area contributed by atoms with Crippen molar-refractivity contribution in [2.45, 2.75) is 24.8 Å². The van der Waals surface area contributed by atoms with E-state index in [0.717, 1.165) is 5.56 Å². The van der Waals surface area contributed by atoms with Crippen molar-refractivity contribution in [1.29, 1.82) is 0 Å². The predicted octanol–water partition coefficient (Wildman–Crippen LogP) is 0.549. The zero-order valence-corrected chi connectivity index (χ0v) is 11.8. The maximum absolute atomic E-state index is 12.1. The lowest BCUT2D eigenvalue weighted by Crippen LogP contribution is -2.41. The quantitative estimate of drug-likeness (QED) is 0.822. The van der Waals surface area contributed by atoms with Crippen molar-refractivity contribution < 1.29 is 22.2 Å². The van der Waals surface area contributed by atoms with Crippen LogP contribution in [0.5, 0.6) is 0 Å². The van der Waals surface area contributed by atoms with Gasteiger partial charge < -0.3 is 14.3 Å². The van der Waals surface area contributed by atoms with Crippen molar-refractivity contribution in [2.75, 3.05) is 6.61 Å². The van der Waals surface area contributed by atoms with Gasteiger partial charge in [-0.3, -0.25) is 4.79 Å². The van der Waals surface area contributed by atoms with E-state index in [4.69, 9.17) is 9.02 Å². The first-order valence-electron chi connectivity index (χ1n) is 5.86. The van der Waals surface area contributed by atoms with Gasteiger partial charge in [-0.1, -0.05) is 17.7 Å². The van der Waals surface area contributed by atoms with Gasteiger partial charge in [-0.2, -0.15) is 8.42 Å². The van der Waals surface area contributed by atoms with Crippen LogP contribution in [0.3, 0.4) is 0 Å². The van der Waals surface area contributed by atoms with Crippen LogP contribution in [0.4, 0.5) is 0 Å². The van der Waals surface area contributed by atoms with Gasteiger partial charge in [0, 0.05) is 6.92 Å². The van der Waals surface area contributed by atoms with Crippen LogP contribution in [0.1, 0.15) is 12.5 Å². The third kappa shape index (κ3) is 3.27. The van der Waals surface area contributed by atoms with E-state index in [0.29, 0.717) is 0 Å². The van der Waals surface area contributed by atoms with Crippen molar-refractivity contribution >= 4 is 21.9 Å². The van der Waals surface area contributed by atoms with Crippen LogP contribution in [0.25, 0.3) is 0 Å². The van der Waals surface area contributed by atoms with Gasteiger partial charge in [0.2, 0.25) is 5.91 Å². The molecular weight excluding hydrogens is 284 g/mol. The molecule has 0 spiro atoms. The average molecular weight is 298 g/mol. The molecule has 0 saturated carbocycles. The van der Waals surface area contributed by atoms with Crippen LogP contribution in [-0.4, -0.2) is 32.9 Å². The van der Waals surface area contributed by atoms with Crippen LogP contribution in [0.2, 0.25) is 0 Å². The van der Waals surface area contributed by atoms with E-state index in [2.05, 4.69) is 10.5 Å². The van der Waals surface area contributed by atoms with E-state index in [1.165, 1.54) is 19.1 Å². The molecule has 7 nitrogen and oxygen atoms in total. The second-order valence-electron chi connectivity index (χ2n) is 4.33. The highest BCUT2D eigenvalue weighted by atomic mass is 32.2. The summed E-state index contributed by atoms with van der Waals surface area (Å²) in [5.41, 5.74) is 0.932. The third-order valence-corrected chi connectivity index (χ3v) is 3.82. The van der Waals surface area contributed by atoms with Gasteiger partial charge in [0.15, 0.2) is 0 Å². The zero-order chi connectivity index (χ0) is 14.8. The Kier molecular flexibility index (Phi) is 3.93. The minimum atomic E-state index is -3.99. The highest BCUT2D eigenvalue weighted by Gasteiger charge is 2.31. The van der Waals surface area contributed by atoms with Gasteiger partial charge in [0.05, 0.1) is 0 Å². The number of carbonyl (C=O) groups is 1. The summed E-state index contributed by atoms with van der Waals surface area (Å²) >= 11 is 0. The molecule has 0 fully saturated rings. The van der Waals surface area contributed by atoms with E-state index in [1.807, 2.05) is 6.92 Å². The van der Waals surface area contributed by atoms with Gasteiger partial charge in [-0.05, 0) is 24.2 Å². The Labute approximate surface area is 116 Å². The van der Waals surface area contributed by atoms with E-state index in [-0.39, 0.29) is 23.3 Å². The summed E-state index contributed by atoms with van der Waals surface area (Å²) in [6.45, 7) is 3.20. The number of rotatable bonds is 3. The van der Waals surface area contributed by atoms with E-state index < -0.39 is 16.2 Å². The Morgan fingerprint density at radius 2 is 2.05 bits per heavy atom. The molecule has 1 aliphatic rings. The van der Waals surface area contributed by atoms with Gasteiger partial charge in [-0.25, -0.2) is 0 Å². The Morgan fingerprint density at radius 3 is 2.65 bits per heavy atom. The summed E-state index contributed by atoms with van der Waals surface area (Å²) in [5, 5.41) is 5.99. The number of benzene rings is 1. The molecule has 1 aromatic carbocycles. The predicted molar refractivity (Wildman–Crippen MR) is 70.4 cm³/mol. The fourth-order valence-electron chi connectivity index (χ4n) is 1.60. The normalized spacial score (nSPS) is 18.1. The number of hydrogen-bond acceptors (Lipinski definition) is 6. The lowest BCUT2D eigenvalue weighted by Gasteiger charge is -2.12. The van der Waals surface area contributed by atoms with Gasteiger partial charge in [-0.15, -0.1) is 0 Å². The molecule has 1 amide bonds. The molecule has 0 bridgehead atoms. The maximum atomic E-state index is 12.1. The monoisotopic (exact) mass is 298 g/mol. The van der Waals surface area contributed by atoms with Crippen LogP contribution >= 0.6 is 0 Å². The summed E-state index contributed by atoms with van der Waals surface area (Å²) in [7, 11) is -3.99. The fraction of sp³-hybridized carbons (Fsp3) is 0.333. The van der Waals surface area contributed by atoms with E-state index in [1.54, 1.807) is 12.1 Å². The van der Waals surface area contributed by atoms with Crippen molar-refractivity contribution in [3.63, 3.8) is 0 Å². The maximum Gasteiger partial charge on any atom is 0.340 e. The Hall–Kier alpha value is -2.09. The van der Waals surface area contributed by atoms with Gasteiger partial charge in [0.1, 0.15) is 17.5 Å².